The number of ether oxygens (including phenoxy) is 1. The number of anilines is 1. The Hall–Kier alpha value is -1.17. The van der Waals surface area contributed by atoms with Crippen LogP contribution in [0.2, 0.25) is 0 Å². The van der Waals surface area contributed by atoms with Gasteiger partial charge >= 0.3 is 0 Å². The fourth-order valence-electron chi connectivity index (χ4n) is 4.87. The van der Waals surface area contributed by atoms with Crippen molar-refractivity contribution < 1.29 is 19.7 Å². The molecule has 0 aromatic carbocycles. The summed E-state index contributed by atoms with van der Waals surface area (Å²) >= 11 is 0. The average molecular weight is 364 g/mol. The lowest BCUT2D eigenvalue weighted by Crippen LogP contribution is -3.16. The van der Waals surface area contributed by atoms with Crippen LogP contribution in [0.25, 0.3) is 0 Å². The van der Waals surface area contributed by atoms with Gasteiger partial charge in [-0.2, -0.15) is 0 Å². The normalized spacial score (nSPS) is 28.1. The molecule has 5 nitrogen and oxygen atoms in total. The minimum absolute atomic E-state index is 0.309. The quantitative estimate of drug-likeness (QED) is 0.786. The molecule has 2 heterocycles. The van der Waals surface area contributed by atoms with Crippen molar-refractivity contribution in [3.8, 4) is 0 Å². The lowest BCUT2D eigenvalue weighted by atomic mass is 9.71. The zero-order chi connectivity index (χ0) is 18.6. The van der Waals surface area contributed by atoms with Crippen LogP contribution in [0.15, 0.2) is 24.4 Å². The maximum absolute atomic E-state index is 10.4. The van der Waals surface area contributed by atoms with Crippen LogP contribution in [-0.2, 0) is 4.74 Å². The van der Waals surface area contributed by atoms with Crippen molar-refractivity contribution in [3.63, 3.8) is 0 Å². The van der Waals surface area contributed by atoms with Crippen LogP contribution in [0.3, 0.4) is 0 Å². The Morgan fingerprint density at radius 1 is 1.31 bits per heavy atom. The first-order chi connectivity index (χ1) is 12.4. The number of hydrogen-bond donors (Lipinski definition) is 2. The SMILES string of the molecule is C[C@H]1C[C@@H](OC[C@@H](O)C[NH+]2CCN(c3cccc[nH+]3)CC2)CC(C)(C)C1. The van der Waals surface area contributed by atoms with E-state index in [1.165, 1.54) is 17.1 Å². The third-order valence-corrected chi connectivity index (χ3v) is 5.90. The number of aliphatic hydroxyl groups is 1. The molecule has 3 atom stereocenters. The number of hydrogen-bond acceptors (Lipinski definition) is 3. The standard InChI is InChI=1S/C21H35N3O2/c1-17-12-19(14-21(2,3)13-17)26-16-18(25)15-23-8-10-24(11-9-23)20-6-4-5-7-22-20/h4-7,17-19,25H,8-16H2,1-3H3/p+2/t17-,18-,19+/m0/s1. The molecular weight excluding hydrogens is 326 g/mol. The molecule has 1 aliphatic carbocycles. The molecule has 0 unspecified atom stereocenters. The summed E-state index contributed by atoms with van der Waals surface area (Å²) in [5.74, 6) is 1.90. The minimum atomic E-state index is -0.361. The van der Waals surface area contributed by atoms with Gasteiger partial charge in [0.25, 0.3) is 5.82 Å². The number of quaternary nitrogens is 1. The Morgan fingerprint density at radius 3 is 2.73 bits per heavy atom. The van der Waals surface area contributed by atoms with Gasteiger partial charge in [-0.15, -0.1) is 0 Å². The van der Waals surface area contributed by atoms with Gasteiger partial charge < -0.3 is 14.7 Å². The molecule has 0 radical (unpaired) electrons. The van der Waals surface area contributed by atoms with E-state index in [2.05, 4.69) is 42.8 Å². The van der Waals surface area contributed by atoms with Crippen LogP contribution >= 0.6 is 0 Å². The molecule has 2 aliphatic rings. The van der Waals surface area contributed by atoms with Gasteiger partial charge in [0.1, 0.15) is 38.8 Å². The highest BCUT2D eigenvalue weighted by Crippen LogP contribution is 2.39. The molecule has 1 saturated heterocycles. The van der Waals surface area contributed by atoms with E-state index in [1.54, 1.807) is 0 Å². The van der Waals surface area contributed by atoms with E-state index in [9.17, 15) is 5.11 Å². The highest BCUT2D eigenvalue weighted by molar-refractivity contribution is 5.31. The molecule has 1 aromatic rings. The number of H-pyrrole nitrogens is 1. The molecule has 146 valence electrons. The third-order valence-electron chi connectivity index (χ3n) is 5.90. The van der Waals surface area contributed by atoms with Crippen molar-refractivity contribution in [3.05, 3.63) is 24.4 Å². The first kappa shape index (κ1) is 19.6. The molecule has 3 N–H and O–H groups in total. The van der Waals surface area contributed by atoms with Gasteiger partial charge in [-0.05, 0) is 36.7 Å². The van der Waals surface area contributed by atoms with Crippen molar-refractivity contribution >= 4 is 5.82 Å². The highest BCUT2D eigenvalue weighted by atomic mass is 16.5. The van der Waals surface area contributed by atoms with Crippen LogP contribution in [0.1, 0.15) is 40.0 Å². The molecule has 5 heteroatoms. The van der Waals surface area contributed by atoms with Crippen LogP contribution in [0.5, 0.6) is 0 Å². The number of pyridine rings is 1. The predicted octanol–water partition coefficient (Wildman–Crippen LogP) is 0.798. The molecule has 26 heavy (non-hydrogen) atoms. The summed E-state index contributed by atoms with van der Waals surface area (Å²) in [6.07, 6.45) is 5.45. The van der Waals surface area contributed by atoms with Crippen molar-refractivity contribution in [2.24, 2.45) is 11.3 Å². The summed E-state index contributed by atoms with van der Waals surface area (Å²) in [6.45, 7) is 12.4. The summed E-state index contributed by atoms with van der Waals surface area (Å²) in [7, 11) is 0. The lowest BCUT2D eigenvalue weighted by molar-refractivity contribution is -0.903. The maximum atomic E-state index is 10.4. The Labute approximate surface area is 158 Å². The first-order valence-electron chi connectivity index (χ1n) is 10.3. The molecule has 1 saturated carbocycles. The molecule has 3 rings (SSSR count). The van der Waals surface area contributed by atoms with Gasteiger partial charge in [0.2, 0.25) is 0 Å². The van der Waals surface area contributed by atoms with Crippen molar-refractivity contribution in [1.82, 2.24) is 0 Å². The molecule has 1 aromatic heterocycles. The minimum Gasteiger partial charge on any atom is -0.385 e. The lowest BCUT2D eigenvalue weighted by Gasteiger charge is -2.39. The summed E-state index contributed by atoms with van der Waals surface area (Å²) in [5, 5.41) is 10.4. The van der Waals surface area contributed by atoms with Gasteiger partial charge in [-0.1, -0.05) is 26.8 Å². The summed E-state index contributed by atoms with van der Waals surface area (Å²) in [5.41, 5.74) is 0.364. The van der Waals surface area contributed by atoms with Crippen molar-refractivity contribution in [1.29, 1.82) is 0 Å². The van der Waals surface area contributed by atoms with Gasteiger partial charge in [0, 0.05) is 6.07 Å². The fraction of sp³-hybridized carbons (Fsp3) is 0.762. The van der Waals surface area contributed by atoms with E-state index in [4.69, 9.17) is 4.74 Å². The smallest absolute Gasteiger partial charge is 0.274 e. The van der Waals surface area contributed by atoms with Gasteiger partial charge in [-0.3, -0.25) is 4.90 Å². The molecule has 2 fully saturated rings. The van der Waals surface area contributed by atoms with E-state index < -0.39 is 0 Å². The second-order valence-corrected chi connectivity index (χ2v) is 9.21. The number of piperazine rings is 1. The topological polar surface area (TPSA) is 51.3 Å². The van der Waals surface area contributed by atoms with E-state index in [-0.39, 0.29) is 6.10 Å². The zero-order valence-corrected chi connectivity index (χ0v) is 16.7. The molecule has 0 bridgehead atoms. The second-order valence-electron chi connectivity index (χ2n) is 9.21. The van der Waals surface area contributed by atoms with E-state index >= 15 is 0 Å². The first-order valence-corrected chi connectivity index (χ1v) is 10.3. The number of rotatable bonds is 6. The van der Waals surface area contributed by atoms with E-state index in [0.717, 1.165) is 51.5 Å². The molecule has 1 aliphatic heterocycles. The summed E-state index contributed by atoms with van der Waals surface area (Å²) in [6, 6.07) is 6.20. The van der Waals surface area contributed by atoms with Crippen LogP contribution in [0.4, 0.5) is 5.82 Å². The molecule has 0 amide bonds. The Balaban J connectivity index is 1.37. The number of nitrogens with one attached hydrogen (secondary N) is 2. The predicted molar refractivity (Wildman–Crippen MR) is 103 cm³/mol. The van der Waals surface area contributed by atoms with Gasteiger partial charge in [0.15, 0.2) is 0 Å². The van der Waals surface area contributed by atoms with E-state index in [0.29, 0.717) is 18.1 Å². The number of nitrogens with zero attached hydrogens (tertiary/aromatic N) is 1. The Bertz CT molecular complexity index is 543. The van der Waals surface area contributed by atoms with Crippen molar-refractivity contribution in [2.75, 3.05) is 44.2 Å². The highest BCUT2D eigenvalue weighted by Gasteiger charge is 2.33. The maximum Gasteiger partial charge on any atom is 0.274 e. The summed E-state index contributed by atoms with van der Waals surface area (Å²) < 4.78 is 6.10. The number of aliphatic hydroxyl groups excluding tert-OH is 1. The van der Waals surface area contributed by atoms with Crippen LogP contribution in [0, 0.1) is 11.3 Å². The molecular formula is C21H37N3O2+2. The third kappa shape index (κ3) is 5.66. The second kappa shape index (κ2) is 8.68. The zero-order valence-electron chi connectivity index (χ0n) is 16.7. The summed E-state index contributed by atoms with van der Waals surface area (Å²) in [4.78, 5) is 7.17. The van der Waals surface area contributed by atoms with Gasteiger partial charge in [0.05, 0.1) is 18.9 Å². The van der Waals surface area contributed by atoms with Gasteiger partial charge in [-0.25, -0.2) is 4.98 Å². The van der Waals surface area contributed by atoms with E-state index in [1.807, 2.05) is 12.3 Å². The van der Waals surface area contributed by atoms with Crippen LogP contribution < -0.4 is 14.8 Å². The van der Waals surface area contributed by atoms with Crippen molar-refractivity contribution in [2.45, 2.75) is 52.2 Å². The Morgan fingerprint density at radius 2 is 2.08 bits per heavy atom. The Kier molecular flexibility index (Phi) is 6.54. The number of aromatic amines is 1. The van der Waals surface area contributed by atoms with Crippen LogP contribution in [-0.4, -0.2) is 56.6 Å². The largest absolute Gasteiger partial charge is 0.385 e. The fourth-order valence-corrected chi connectivity index (χ4v) is 4.87. The monoisotopic (exact) mass is 363 g/mol. The number of aromatic nitrogens is 1. The molecule has 0 spiro atoms. The average Bonchev–Trinajstić information content (AvgIpc) is 2.60.